The Hall–Kier alpha value is -2.43. The van der Waals surface area contributed by atoms with Crippen molar-refractivity contribution in [2.45, 2.75) is 51.5 Å². The fraction of sp³-hybridized carbons (Fsp3) is 0.450. The molecule has 0 saturated heterocycles. The fourth-order valence-electron chi connectivity index (χ4n) is 3.53. The van der Waals surface area contributed by atoms with E-state index in [1.165, 1.54) is 42.5 Å². The molecule has 0 spiro atoms. The summed E-state index contributed by atoms with van der Waals surface area (Å²) in [6.45, 7) is 2.38. The van der Waals surface area contributed by atoms with Crippen LogP contribution < -0.4 is 4.74 Å². The summed E-state index contributed by atoms with van der Waals surface area (Å²) < 4.78 is 8.17. The van der Waals surface area contributed by atoms with Crippen LogP contribution in [0, 0.1) is 6.92 Å². The number of aryl methyl sites for hydroxylation is 1. The van der Waals surface area contributed by atoms with Crippen molar-refractivity contribution >= 4 is 11.9 Å². The van der Waals surface area contributed by atoms with E-state index >= 15 is 0 Å². The molecule has 130 valence electrons. The average Bonchev–Trinajstić information content (AvgIpc) is 3.37. The van der Waals surface area contributed by atoms with E-state index in [-0.39, 0.29) is 0 Å². The van der Waals surface area contributed by atoms with Gasteiger partial charge in [0, 0.05) is 11.9 Å². The standard InChI is InChI=1S/C20H23N3O2/c1-14-6-9-20(18(12-24)22-14)25-13-15-4-2-3-5-17(15)19-10-11-21-23(19)16-7-8-16/h6,9-12,16H,2-5,7-8,13H2,1H3. The first-order valence-corrected chi connectivity index (χ1v) is 9.06. The zero-order valence-electron chi connectivity index (χ0n) is 14.6. The Balaban J connectivity index is 1.59. The van der Waals surface area contributed by atoms with Gasteiger partial charge >= 0.3 is 0 Å². The molecule has 2 aromatic rings. The van der Waals surface area contributed by atoms with Crippen molar-refractivity contribution in [2.75, 3.05) is 6.61 Å². The van der Waals surface area contributed by atoms with Crippen molar-refractivity contribution in [3.05, 3.63) is 47.1 Å². The van der Waals surface area contributed by atoms with E-state index < -0.39 is 0 Å². The minimum absolute atomic E-state index is 0.376. The van der Waals surface area contributed by atoms with Gasteiger partial charge in [-0.15, -0.1) is 0 Å². The molecule has 5 heteroatoms. The van der Waals surface area contributed by atoms with Crippen LogP contribution in [0.1, 0.15) is 66.4 Å². The molecule has 0 aromatic carbocycles. The largest absolute Gasteiger partial charge is 0.487 e. The maximum Gasteiger partial charge on any atom is 0.172 e. The van der Waals surface area contributed by atoms with Gasteiger partial charge in [0.1, 0.15) is 18.1 Å². The Morgan fingerprint density at radius 2 is 2.08 bits per heavy atom. The highest BCUT2D eigenvalue weighted by Crippen LogP contribution is 2.39. The van der Waals surface area contributed by atoms with Gasteiger partial charge in [0.05, 0.1) is 11.7 Å². The minimum atomic E-state index is 0.376. The molecular formula is C20H23N3O2. The van der Waals surface area contributed by atoms with Crippen LogP contribution in [0.15, 0.2) is 30.0 Å². The summed E-state index contributed by atoms with van der Waals surface area (Å²) in [5.74, 6) is 0.564. The third-order valence-corrected chi connectivity index (χ3v) is 4.99. The summed E-state index contributed by atoms with van der Waals surface area (Å²) in [4.78, 5) is 15.5. The second-order valence-corrected chi connectivity index (χ2v) is 6.92. The Bertz CT molecular complexity index is 818. The minimum Gasteiger partial charge on any atom is -0.487 e. The first-order chi connectivity index (χ1) is 12.3. The molecule has 0 bridgehead atoms. The van der Waals surface area contributed by atoms with Crippen LogP contribution in [0.4, 0.5) is 0 Å². The molecule has 0 amide bonds. The first kappa shape index (κ1) is 16.1. The maximum absolute atomic E-state index is 11.2. The third-order valence-electron chi connectivity index (χ3n) is 4.99. The van der Waals surface area contributed by atoms with Gasteiger partial charge in [-0.2, -0.15) is 5.10 Å². The Labute approximate surface area is 147 Å². The number of rotatable bonds is 6. The molecule has 2 aliphatic rings. The van der Waals surface area contributed by atoms with Crippen molar-refractivity contribution in [1.29, 1.82) is 0 Å². The normalized spacial score (nSPS) is 17.6. The lowest BCUT2D eigenvalue weighted by Gasteiger charge is -2.22. The van der Waals surface area contributed by atoms with Crippen molar-refractivity contribution in [3.8, 4) is 5.75 Å². The van der Waals surface area contributed by atoms with E-state index in [2.05, 4.69) is 20.8 Å². The lowest BCUT2D eigenvalue weighted by molar-refractivity contribution is 0.111. The highest BCUT2D eigenvalue weighted by molar-refractivity contribution is 5.76. The molecule has 1 fully saturated rings. The van der Waals surface area contributed by atoms with Gasteiger partial charge in [0.2, 0.25) is 0 Å². The summed E-state index contributed by atoms with van der Waals surface area (Å²) in [6.07, 6.45) is 9.64. The summed E-state index contributed by atoms with van der Waals surface area (Å²) in [7, 11) is 0. The molecule has 0 atom stereocenters. The van der Waals surface area contributed by atoms with Crippen LogP contribution in [0.5, 0.6) is 5.75 Å². The summed E-state index contributed by atoms with van der Waals surface area (Å²) >= 11 is 0. The van der Waals surface area contributed by atoms with Gasteiger partial charge in [-0.1, -0.05) is 0 Å². The molecule has 0 unspecified atom stereocenters. The van der Waals surface area contributed by atoms with E-state index in [9.17, 15) is 4.79 Å². The lowest BCUT2D eigenvalue weighted by Crippen LogP contribution is -2.12. The summed E-state index contributed by atoms with van der Waals surface area (Å²) in [6, 6.07) is 6.41. The number of carbonyl (C=O) groups excluding carboxylic acids is 1. The number of hydrogen-bond acceptors (Lipinski definition) is 4. The molecule has 0 aliphatic heterocycles. The van der Waals surface area contributed by atoms with Crippen molar-refractivity contribution < 1.29 is 9.53 Å². The van der Waals surface area contributed by atoms with E-state index in [0.29, 0.717) is 24.1 Å². The van der Waals surface area contributed by atoms with E-state index in [4.69, 9.17) is 4.74 Å². The highest BCUT2D eigenvalue weighted by atomic mass is 16.5. The van der Waals surface area contributed by atoms with Gasteiger partial charge in [-0.05, 0) is 74.8 Å². The van der Waals surface area contributed by atoms with Crippen LogP contribution >= 0.6 is 0 Å². The molecular weight excluding hydrogens is 314 g/mol. The number of ether oxygens (including phenoxy) is 1. The second kappa shape index (κ2) is 6.82. The first-order valence-electron chi connectivity index (χ1n) is 9.06. The maximum atomic E-state index is 11.2. The van der Waals surface area contributed by atoms with Crippen molar-refractivity contribution in [3.63, 3.8) is 0 Å². The SMILES string of the molecule is Cc1ccc(OCC2=C(c3ccnn3C3CC3)CCCC2)c(C=O)n1. The fourth-order valence-corrected chi connectivity index (χ4v) is 3.53. The van der Waals surface area contributed by atoms with Gasteiger partial charge in [0.25, 0.3) is 0 Å². The van der Waals surface area contributed by atoms with E-state index in [1.54, 1.807) is 0 Å². The molecule has 0 N–H and O–H groups in total. The molecule has 2 aromatic heterocycles. The van der Waals surface area contributed by atoms with Gasteiger partial charge in [0.15, 0.2) is 6.29 Å². The Morgan fingerprint density at radius 3 is 2.88 bits per heavy atom. The van der Waals surface area contributed by atoms with Crippen LogP contribution in [0.3, 0.4) is 0 Å². The lowest BCUT2D eigenvalue weighted by atomic mass is 9.90. The zero-order valence-corrected chi connectivity index (χ0v) is 14.6. The van der Waals surface area contributed by atoms with Gasteiger partial charge in [-0.25, -0.2) is 4.98 Å². The number of aldehydes is 1. The number of pyridine rings is 1. The van der Waals surface area contributed by atoms with Gasteiger partial charge < -0.3 is 4.74 Å². The van der Waals surface area contributed by atoms with E-state index in [1.807, 2.05) is 25.3 Å². The number of carbonyl (C=O) groups is 1. The van der Waals surface area contributed by atoms with Crippen LogP contribution in [0.25, 0.3) is 5.57 Å². The predicted molar refractivity (Wildman–Crippen MR) is 95.7 cm³/mol. The summed E-state index contributed by atoms with van der Waals surface area (Å²) in [5, 5.41) is 4.53. The third kappa shape index (κ3) is 3.36. The Morgan fingerprint density at radius 1 is 1.24 bits per heavy atom. The van der Waals surface area contributed by atoms with Crippen molar-refractivity contribution in [1.82, 2.24) is 14.8 Å². The van der Waals surface area contributed by atoms with Gasteiger partial charge in [-0.3, -0.25) is 9.48 Å². The zero-order chi connectivity index (χ0) is 17.2. The molecule has 2 aliphatic carbocycles. The molecule has 0 radical (unpaired) electrons. The number of allylic oxidation sites excluding steroid dienone is 1. The van der Waals surface area contributed by atoms with Crippen LogP contribution in [0.2, 0.25) is 0 Å². The second-order valence-electron chi connectivity index (χ2n) is 6.92. The monoisotopic (exact) mass is 337 g/mol. The van der Waals surface area contributed by atoms with Crippen molar-refractivity contribution in [2.24, 2.45) is 0 Å². The number of hydrogen-bond donors (Lipinski definition) is 0. The Kier molecular flexibility index (Phi) is 4.38. The quantitative estimate of drug-likeness (QED) is 0.743. The van der Waals surface area contributed by atoms with Crippen LogP contribution in [-0.4, -0.2) is 27.7 Å². The topological polar surface area (TPSA) is 57.0 Å². The number of nitrogens with zero attached hydrogens (tertiary/aromatic N) is 3. The predicted octanol–water partition coefficient (Wildman–Crippen LogP) is 4.14. The smallest absolute Gasteiger partial charge is 0.172 e. The van der Waals surface area contributed by atoms with E-state index in [0.717, 1.165) is 24.8 Å². The van der Waals surface area contributed by atoms with Crippen LogP contribution in [-0.2, 0) is 0 Å². The highest BCUT2D eigenvalue weighted by Gasteiger charge is 2.28. The molecule has 25 heavy (non-hydrogen) atoms. The molecule has 5 nitrogen and oxygen atoms in total. The molecule has 4 rings (SSSR count). The number of aromatic nitrogens is 3. The molecule has 2 heterocycles. The average molecular weight is 337 g/mol. The molecule has 1 saturated carbocycles. The summed E-state index contributed by atoms with van der Waals surface area (Å²) in [5.41, 5.74) is 5.15.